The van der Waals surface area contributed by atoms with Gasteiger partial charge in [0.2, 0.25) is 10.0 Å². The molecule has 0 radical (unpaired) electrons. The fourth-order valence-corrected chi connectivity index (χ4v) is 6.54. The van der Waals surface area contributed by atoms with Crippen LogP contribution in [0.2, 0.25) is 0 Å². The van der Waals surface area contributed by atoms with E-state index in [1.807, 2.05) is 7.05 Å². The SMILES string of the molecule is CNCc1cc(S(=O)(=O)N(C)CC2CCCC2)c(Br)s1. The molecule has 0 spiro atoms. The Hall–Kier alpha value is 0.0500. The molecule has 2 rings (SSSR count). The molecule has 0 aliphatic heterocycles. The fraction of sp³-hybridized carbons (Fsp3) is 0.692. The van der Waals surface area contributed by atoms with E-state index in [9.17, 15) is 8.42 Å². The molecular weight excluding hydrogens is 360 g/mol. The molecule has 0 saturated heterocycles. The van der Waals surface area contributed by atoms with E-state index in [0.717, 1.165) is 17.7 Å². The zero-order valence-electron chi connectivity index (χ0n) is 11.9. The van der Waals surface area contributed by atoms with Gasteiger partial charge in [-0.2, -0.15) is 0 Å². The van der Waals surface area contributed by atoms with Crippen LogP contribution in [0.1, 0.15) is 30.6 Å². The second-order valence-electron chi connectivity index (χ2n) is 5.32. The van der Waals surface area contributed by atoms with E-state index < -0.39 is 10.0 Å². The van der Waals surface area contributed by atoms with Crippen molar-refractivity contribution in [2.75, 3.05) is 20.6 Å². The van der Waals surface area contributed by atoms with Crippen LogP contribution in [0.25, 0.3) is 0 Å². The van der Waals surface area contributed by atoms with E-state index >= 15 is 0 Å². The highest BCUT2D eigenvalue weighted by Crippen LogP contribution is 2.34. The molecule has 1 aliphatic rings. The van der Waals surface area contributed by atoms with E-state index in [2.05, 4.69) is 21.2 Å². The van der Waals surface area contributed by atoms with Gasteiger partial charge in [0.15, 0.2) is 0 Å². The van der Waals surface area contributed by atoms with Crippen molar-refractivity contribution in [1.29, 1.82) is 0 Å². The van der Waals surface area contributed by atoms with Crippen molar-refractivity contribution in [3.05, 3.63) is 14.7 Å². The molecule has 1 aliphatic carbocycles. The summed E-state index contributed by atoms with van der Waals surface area (Å²) in [6.45, 7) is 1.32. The topological polar surface area (TPSA) is 49.4 Å². The molecule has 114 valence electrons. The Kier molecular flexibility index (Phi) is 5.64. The predicted molar refractivity (Wildman–Crippen MR) is 86.6 cm³/mol. The number of nitrogens with zero attached hydrogens (tertiary/aromatic N) is 1. The van der Waals surface area contributed by atoms with E-state index in [0.29, 0.717) is 27.7 Å². The van der Waals surface area contributed by atoms with Crippen LogP contribution in [0, 0.1) is 5.92 Å². The van der Waals surface area contributed by atoms with Gasteiger partial charge in [-0.3, -0.25) is 0 Å². The minimum Gasteiger partial charge on any atom is -0.315 e. The number of hydrogen-bond acceptors (Lipinski definition) is 4. The van der Waals surface area contributed by atoms with Crippen LogP contribution in [0.3, 0.4) is 0 Å². The van der Waals surface area contributed by atoms with Crippen molar-refractivity contribution < 1.29 is 8.42 Å². The average Bonchev–Trinajstić information content (AvgIpc) is 2.99. The smallest absolute Gasteiger partial charge is 0.244 e. The van der Waals surface area contributed by atoms with Crippen LogP contribution < -0.4 is 5.32 Å². The van der Waals surface area contributed by atoms with Gasteiger partial charge in [0.05, 0.1) is 3.79 Å². The molecule has 1 aromatic rings. The first kappa shape index (κ1) is 16.4. The van der Waals surface area contributed by atoms with Gasteiger partial charge in [0.25, 0.3) is 0 Å². The van der Waals surface area contributed by atoms with Gasteiger partial charge in [-0.05, 0) is 47.8 Å². The lowest BCUT2D eigenvalue weighted by molar-refractivity contribution is 0.387. The summed E-state index contributed by atoms with van der Waals surface area (Å²) >= 11 is 4.86. The summed E-state index contributed by atoms with van der Waals surface area (Å²) < 4.78 is 27.5. The van der Waals surface area contributed by atoms with Gasteiger partial charge in [-0.15, -0.1) is 11.3 Å². The summed E-state index contributed by atoms with van der Waals surface area (Å²) in [6, 6.07) is 1.77. The van der Waals surface area contributed by atoms with Crippen LogP contribution in [0.5, 0.6) is 0 Å². The Morgan fingerprint density at radius 1 is 1.45 bits per heavy atom. The number of nitrogens with one attached hydrogen (secondary N) is 1. The minimum absolute atomic E-state index is 0.397. The van der Waals surface area contributed by atoms with Crippen molar-refractivity contribution in [3.63, 3.8) is 0 Å². The third-order valence-electron chi connectivity index (χ3n) is 3.74. The Labute approximate surface area is 133 Å². The van der Waals surface area contributed by atoms with E-state index in [-0.39, 0.29) is 0 Å². The molecule has 7 heteroatoms. The summed E-state index contributed by atoms with van der Waals surface area (Å²) in [6.07, 6.45) is 4.76. The Morgan fingerprint density at radius 2 is 2.10 bits per heavy atom. The third kappa shape index (κ3) is 3.62. The van der Waals surface area contributed by atoms with Crippen molar-refractivity contribution >= 4 is 37.3 Å². The number of hydrogen-bond donors (Lipinski definition) is 1. The van der Waals surface area contributed by atoms with Crippen molar-refractivity contribution in [2.24, 2.45) is 5.92 Å². The predicted octanol–water partition coefficient (Wildman–Crippen LogP) is 3.04. The van der Waals surface area contributed by atoms with Crippen molar-refractivity contribution in [3.8, 4) is 0 Å². The quantitative estimate of drug-likeness (QED) is 0.824. The van der Waals surface area contributed by atoms with Crippen LogP contribution in [0.4, 0.5) is 0 Å². The number of halogens is 1. The second kappa shape index (κ2) is 6.87. The number of rotatable bonds is 6. The standard InChI is InChI=1S/C13H21BrN2O2S2/c1-15-8-11-7-12(13(14)19-11)20(17,18)16(2)9-10-5-3-4-6-10/h7,10,15H,3-6,8-9H2,1-2H3. The van der Waals surface area contributed by atoms with Crippen molar-refractivity contribution in [2.45, 2.75) is 37.1 Å². The monoisotopic (exact) mass is 380 g/mol. The van der Waals surface area contributed by atoms with Gasteiger partial charge in [-0.25, -0.2) is 12.7 Å². The van der Waals surface area contributed by atoms with Crippen LogP contribution in [-0.2, 0) is 16.6 Å². The summed E-state index contributed by atoms with van der Waals surface area (Å²) in [5, 5.41) is 3.05. The molecular formula is C13H21BrN2O2S2. The molecule has 1 aromatic heterocycles. The molecule has 1 N–H and O–H groups in total. The first-order valence-corrected chi connectivity index (χ1v) is 9.89. The molecule has 0 atom stereocenters. The van der Waals surface area contributed by atoms with E-state index in [1.165, 1.54) is 28.5 Å². The van der Waals surface area contributed by atoms with Gasteiger partial charge >= 0.3 is 0 Å². The van der Waals surface area contributed by atoms with Gasteiger partial charge in [0, 0.05) is 25.0 Å². The molecule has 1 saturated carbocycles. The maximum atomic E-state index is 12.6. The fourth-order valence-electron chi connectivity index (χ4n) is 2.66. The summed E-state index contributed by atoms with van der Waals surface area (Å²) in [5.41, 5.74) is 0. The normalized spacial score (nSPS) is 17.2. The van der Waals surface area contributed by atoms with Gasteiger partial charge in [0.1, 0.15) is 4.90 Å². The minimum atomic E-state index is -3.39. The largest absolute Gasteiger partial charge is 0.315 e. The van der Waals surface area contributed by atoms with Crippen LogP contribution in [0.15, 0.2) is 14.7 Å². The summed E-state index contributed by atoms with van der Waals surface area (Å²) in [5.74, 6) is 0.518. The van der Waals surface area contributed by atoms with Crippen LogP contribution in [-0.4, -0.2) is 33.4 Å². The summed E-state index contributed by atoms with van der Waals surface area (Å²) in [4.78, 5) is 1.42. The summed E-state index contributed by atoms with van der Waals surface area (Å²) in [7, 11) is 0.160. The van der Waals surface area contributed by atoms with Crippen LogP contribution >= 0.6 is 27.3 Å². The molecule has 0 amide bonds. The molecule has 20 heavy (non-hydrogen) atoms. The zero-order chi connectivity index (χ0) is 14.8. The Morgan fingerprint density at radius 3 is 2.70 bits per heavy atom. The molecule has 1 fully saturated rings. The third-order valence-corrected chi connectivity index (χ3v) is 7.81. The highest BCUT2D eigenvalue weighted by atomic mass is 79.9. The highest BCUT2D eigenvalue weighted by Gasteiger charge is 2.28. The molecule has 4 nitrogen and oxygen atoms in total. The lowest BCUT2D eigenvalue weighted by Crippen LogP contribution is -2.31. The van der Waals surface area contributed by atoms with E-state index in [1.54, 1.807) is 13.1 Å². The lowest BCUT2D eigenvalue weighted by Gasteiger charge is -2.20. The first-order chi connectivity index (χ1) is 9.45. The average molecular weight is 381 g/mol. The number of sulfonamides is 1. The molecule has 0 unspecified atom stereocenters. The Bertz CT molecular complexity index is 551. The highest BCUT2D eigenvalue weighted by molar-refractivity contribution is 9.11. The molecule has 0 aromatic carbocycles. The van der Waals surface area contributed by atoms with Gasteiger partial charge < -0.3 is 5.32 Å². The maximum Gasteiger partial charge on any atom is 0.244 e. The Balaban J connectivity index is 2.15. The lowest BCUT2D eigenvalue weighted by atomic mass is 10.1. The van der Waals surface area contributed by atoms with Crippen molar-refractivity contribution in [1.82, 2.24) is 9.62 Å². The molecule has 1 heterocycles. The molecule has 0 bridgehead atoms. The van der Waals surface area contributed by atoms with E-state index in [4.69, 9.17) is 0 Å². The number of thiophene rings is 1. The van der Waals surface area contributed by atoms with Gasteiger partial charge in [-0.1, -0.05) is 12.8 Å². The zero-order valence-corrected chi connectivity index (χ0v) is 15.1. The first-order valence-electron chi connectivity index (χ1n) is 6.84. The maximum absolute atomic E-state index is 12.6. The second-order valence-corrected chi connectivity index (χ2v) is 9.78.